The van der Waals surface area contributed by atoms with E-state index >= 15 is 0 Å². The highest BCUT2D eigenvalue weighted by atomic mass is 14.2. The molecular weight excluding hydrogens is 156 g/mol. The van der Waals surface area contributed by atoms with Gasteiger partial charge in [0.15, 0.2) is 0 Å². The number of benzene rings is 2. The third kappa shape index (κ3) is 0.919. The lowest BCUT2D eigenvalue weighted by atomic mass is 10.1. The van der Waals surface area contributed by atoms with Gasteiger partial charge in [0.25, 0.3) is 0 Å². The van der Waals surface area contributed by atoms with E-state index in [0.717, 1.165) is 6.42 Å². The fraction of sp³-hybridized carbons (Fsp3) is 0.0769. The summed E-state index contributed by atoms with van der Waals surface area (Å²) in [5.74, 6) is 0. The van der Waals surface area contributed by atoms with Gasteiger partial charge in [0.1, 0.15) is 0 Å². The standard InChI is InChI=1S/C13H8/c1-3-7-12-10(5-1)9-11-6-2-4-8-13(11)12/h1-5,7H,9H2. The van der Waals surface area contributed by atoms with Gasteiger partial charge < -0.3 is 0 Å². The molecule has 2 aromatic carbocycles. The molecule has 0 aliphatic heterocycles. The van der Waals surface area contributed by atoms with E-state index in [1.54, 1.807) is 0 Å². The zero-order chi connectivity index (χ0) is 8.67. The second-order valence-electron chi connectivity index (χ2n) is 3.31. The Kier molecular flexibility index (Phi) is 1.31. The van der Waals surface area contributed by atoms with E-state index in [0.29, 0.717) is 0 Å². The quantitative estimate of drug-likeness (QED) is 0.479. The van der Waals surface area contributed by atoms with E-state index in [2.05, 4.69) is 36.4 Å². The van der Waals surface area contributed by atoms with Gasteiger partial charge in [0, 0.05) is 0 Å². The molecule has 0 heterocycles. The van der Waals surface area contributed by atoms with Crippen LogP contribution in [0.5, 0.6) is 0 Å². The summed E-state index contributed by atoms with van der Waals surface area (Å²) in [4.78, 5) is 0. The van der Waals surface area contributed by atoms with E-state index in [1.807, 2.05) is 12.1 Å². The van der Waals surface area contributed by atoms with Gasteiger partial charge in [-0.25, -0.2) is 0 Å². The average molecular weight is 164 g/mol. The maximum atomic E-state index is 3.27. The highest BCUT2D eigenvalue weighted by Gasteiger charge is 2.16. The van der Waals surface area contributed by atoms with Crippen molar-refractivity contribution in [1.82, 2.24) is 0 Å². The van der Waals surface area contributed by atoms with Crippen molar-refractivity contribution in [1.29, 1.82) is 0 Å². The Morgan fingerprint density at radius 3 is 2.85 bits per heavy atom. The normalized spacial score (nSPS) is 12.3. The molecule has 0 saturated carbocycles. The molecule has 0 bridgehead atoms. The maximum Gasteiger partial charge on any atom is -0.000706 e. The van der Waals surface area contributed by atoms with Crippen molar-refractivity contribution in [3.05, 3.63) is 59.7 Å². The predicted octanol–water partition coefficient (Wildman–Crippen LogP) is 2.86. The Labute approximate surface area is 77.8 Å². The third-order valence-corrected chi connectivity index (χ3v) is 2.52. The fourth-order valence-corrected chi connectivity index (χ4v) is 1.92. The number of hydrogen-bond donors (Lipinski definition) is 0. The molecule has 0 N–H and O–H groups in total. The van der Waals surface area contributed by atoms with Crippen LogP contribution in [0.3, 0.4) is 0 Å². The van der Waals surface area contributed by atoms with Gasteiger partial charge in [-0.1, -0.05) is 36.4 Å². The minimum Gasteiger partial charge on any atom is -0.0619 e. The molecular formula is C13H8. The van der Waals surface area contributed by atoms with Gasteiger partial charge in [-0.3, -0.25) is 0 Å². The first-order chi connectivity index (χ1) is 6.45. The molecule has 0 atom stereocenters. The highest BCUT2D eigenvalue weighted by molar-refractivity contribution is 5.75. The maximum absolute atomic E-state index is 3.27. The van der Waals surface area contributed by atoms with Crippen LogP contribution in [-0.4, -0.2) is 0 Å². The monoisotopic (exact) mass is 164 g/mol. The lowest BCUT2D eigenvalue weighted by Gasteiger charge is -1.97. The molecule has 0 unspecified atom stereocenters. The summed E-state index contributed by atoms with van der Waals surface area (Å²) in [5.41, 5.74) is 5.24. The minimum absolute atomic E-state index is 1.02. The van der Waals surface area contributed by atoms with Gasteiger partial charge in [0.05, 0.1) is 0 Å². The average Bonchev–Trinajstić information content (AvgIpc) is 2.56. The van der Waals surface area contributed by atoms with Crippen LogP contribution in [0.25, 0.3) is 11.1 Å². The van der Waals surface area contributed by atoms with Crippen LogP contribution in [0.4, 0.5) is 0 Å². The summed E-state index contributed by atoms with van der Waals surface area (Å²) in [6.45, 7) is 0. The van der Waals surface area contributed by atoms with Crippen molar-refractivity contribution < 1.29 is 0 Å². The third-order valence-electron chi connectivity index (χ3n) is 2.52. The molecule has 0 saturated heterocycles. The lowest BCUT2D eigenvalue weighted by molar-refractivity contribution is 1.26. The van der Waals surface area contributed by atoms with Gasteiger partial charge >= 0.3 is 0 Å². The van der Waals surface area contributed by atoms with Crippen LogP contribution in [0.15, 0.2) is 36.4 Å². The van der Waals surface area contributed by atoms with Gasteiger partial charge in [-0.15, -0.1) is 0 Å². The van der Waals surface area contributed by atoms with Gasteiger partial charge in [-0.05, 0) is 40.8 Å². The topological polar surface area (TPSA) is 0 Å². The molecule has 0 amide bonds. The minimum atomic E-state index is 1.02. The van der Waals surface area contributed by atoms with Crippen LogP contribution < -0.4 is 0 Å². The van der Waals surface area contributed by atoms with Gasteiger partial charge in [0.2, 0.25) is 0 Å². The van der Waals surface area contributed by atoms with Gasteiger partial charge in [-0.2, -0.15) is 0 Å². The first-order valence-electron chi connectivity index (χ1n) is 4.45. The molecule has 2 radical (unpaired) electrons. The predicted molar refractivity (Wildman–Crippen MR) is 52.4 cm³/mol. The molecule has 1 aliphatic rings. The second kappa shape index (κ2) is 2.46. The zero-order valence-corrected chi connectivity index (χ0v) is 7.17. The van der Waals surface area contributed by atoms with Crippen LogP contribution >= 0.6 is 0 Å². The molecule has 0 aromatic heterocycles. The Hall–Kier alpha value is -1.56. The molecule has 0 fully saturated rings. The van der Waals surface area contributed by atoms with Crippen molar-refractivity contribution in [2.24, 2.45) is 0 Å². The molecule has 0 spiro atoms. The smallest absolute Gasteiger partial charge is 0.000706 e. The molecule has 0 heteroatoms. The molecule has 60 valence electrons. The van der Waals surface area contributed by atoms with Crippen LogP contribution in [0, 0.1) is 12.1 Å². The molecule has 13 heavy (non-hydrogen) atoms. The number of fused-ring (bicyclic) bond motifs is 3. The summed E-state index contributed by atoms with van der Waals surface area (Å²) >= 11 is 0. The lowest BCUT2D eigenvalue weighted by Crippen LogP contribution is -1.78. The van der Waals surface area contributed by atoms with E-state index < -0.39 is 0 Å². The molecule has 2 aromatic rings. The first-order valence-corrected chi connectivity index (χ1v) is 4.45. The first kappa shape index (κ1) is 6.90. The highest BCUT2D eigenvalue weighted by Crippen LogP contribution is 2.34. The van der Waals surface area contributed by atoms with Crippen molar-refractivity contribution in [2.75, 3.05) is 0 Å². The molecule has 0 nitrogen and oxygen atoms in total. The summed E-state index contributed by atoms with van der Waals surface area (Å²) < 4.78 is 0. The van der Waals surface area contributed by atoms with Crippen LogP contribution in [0.1, 0.15) is 11.1 Å². The largest absolute Gasteiger partial charge is 0.0619 e. The number of rotatable bonds is 0. The summed E-state index contributed by atoms with van der Waals surface area (Å²) in [6.07, 6.45) is 1.02. The Bertz CT molecular complexity index is 412. The van der Waals surface area contributed by atoms with E-state index in [1.165, 1.54) is 22.3 Å². The van der Waals surface area contributed by atoms with Crippen LogP contribution in [0.2, 0.25) is 0 Å². The Balaban J connectivity index is 2.32. The van der Waals surface area contributed by atoms with Crippen molar-refractivity contribution in [3.8, 4) is 11.1 Å². The van der Waals surface area contributed by atoms with Crippen molar-refractivity contribution in [3.63, 3.8) is 0 Å². The molecule has 3 rings (SSSR count). The summed E-state index contributed by atoms with van der Waals surface area (Å²) in [7, 11) is 0. The second-order valence-corrected chi connectivity index (χ2v) is 3.31. The van der Waals surface area contributed by atoms with E-state index in [4.69, 9.17) is 0 Å². The van der Waals surface area contributed by atoms with Crippen molar-refractivity contribution >= 4 is 0 Å². The van der Waals surface area contributed by atoms with E-state index in [9.17, 15) is 0 Å². The Morgan fingerprint density at radius 1 is 1.00 bits per heavy atom. The Morgan fingerprint density at radius 2 is 1.85 bits per heavy atom. The van der Waals surface area contributed by atoms with Crippen LogP contribution in [-0.2, 0) is 6.42 Å². The van der Waals surface area contributed by atoms with Crippen molar-refractivity contribution in [2.45, 2.75) is 6.42 Å². The van der Waals surface area contributed by atoms with E-state index in [-0.39, 0.29) is 0 Å². The number of hydrogen-bond acceptors (Lipinski definition) is 0. The summed E-state index contributed by atoms with van der Waals surface area (Å²) in [6, 6.07) is 18.9. The summed E-state index contributed by atoms with van der Waals surface area (Å²) in [5, 5.41) is 0. The SMILES string of the molecule is [c]1cc[c]c2c1Cc1ccccc1-2. The zero-order valence-electron chi connectivity index (χ0n) is 7.17. The fourth-order valence-electron chi connectivity index (χ4n) is 1.92. The molecule has 1 aliphatic carbocycles.